The van der Waals surface area contributed by atoms with Crippen molar-refractivity contribution in [2.24, 2.45) is 28.8 Å². The minimum atomic E-state index is -2.05. The van der Waals surface area contributed by atoms with Crippen molar-refractivity contribution >= 4 is 40.3 Å². The number of aromatic hydroxyl groups is 3. The molecule has 3 aliphatic rings. The number of carbonyl (C=O) groups is 3. The Morgan fingerprint density at radius 3 is 2.29 bits per heavy atom. The van der Waals surface area contributed by atoms with Gasteiger partial charge < -0.3 is 54.6 Å². The Hall–Kier alpha value is -5.12. The number of phenolic OH excluding ortho intramolecular Hbond substituents is 3. The number of hydrogen-bond donors (Lipinski definition) is 6. The number of methoxy groups -OCH3 is 1. The average Bonchev–Trinajstić information content (AvgIpc) is 3.45. The van der Waals surface area contributed by atoms with Gasteiger partial charge in [-0.05, 0) is 26.3 Å². The molecule has 15 heteroatoms. The van der Waals surface area contributed by atoms with E-state index in [1.165, 1.54) is 53.2 Å². The van der Waals surface area contributed by atoms with Gasteiger partial charge >= 0.3 is 11.8 Å². The van der Waals surface area contributed by atoms with Crippen LogP contribution in [0.3, 0.4) is 0 Å². The predicted molar refractivity (Wildman–Crippen MR) is 217 cm³/mol. The zero-order valence-electron chi connectivity index (χ0n) is 34.9. The Kier molecular flexibility index (Phi) is 15.0. The van der Waals surface area contributed by atoms with Gasteiger partial charge in [-0.25, -0.2) is 0 Å². The summed E-state index contributed by atoms with van der Waals surface area (Å²) in [7, 11) is 1.43. The molecule has 9 atom stereocenters. The molecule has 5 rings (SSSR count). The zero-order valence-corrected chi connectivity index (χ0v) is 34.9. The van der Waals surface area contributed by atoms with Gasteiger partial charge in [0.15, 0.2) is 5.75 Å². The first-order valence-corrected chi connectivity index (χ1v) is 19.6. The number of fused-ring (bicyclic) bond motifs is 14. The third-order valence-electron chi connectivity index (χ3n) is 11.1. The molecule has 3 aliphatic heterocycles. The molecule has 0 fully saturated rings. The molecule has 58 heavy (non-hydrogen) atoms. The molecule has 0 saturated carbocycles. The van der Waals surface area contributed by atoms with Crippen molar-refractivity contribution in [3.63, 3.8) is 0 Å². The number of oxime groups is 1. The number of unbranched alkanes of at least 4 members (excludes halogenated alkanes) is 2. The summed E-state index contributed by atoms with van der Waals surface area (Å²) in [5.41, 5.74) is -0.565. The van der Waals surface area contributed by atoms with E-state index in [-0.39, 0.29) is 51.1 Å². The second-order valence-corrected chi connectivity index (χ2v) is 15.4. The number of nitrogens with zero attached hydrogens (tertiary/aromatic N) is 1. The van der Waals surface area contributed by atoms with Gasteiger partial charge in [-0.3, -0.25) is 14.4 Å². The summed E-state index contributed by atoms with van der Waals surface area (Å²) in [6.07, 6.45) is 7.10. The molecule has 5 bridgehead atoms. The molecular weight excluding hydrogens is 752 g/mol. The second-order valence-electron chi connectivity index (χ2n) is 15.4. The summed E-state index contributed by atoms with van der Waals surface area (Å²) >= 11 is 0. The predicted octanol–water partition coefficient (Wildman–Crippen LogP) is 6.29. The summed E-state index contributed by atoms with van der Waals surface area (Å²) in [6, 6.07) is 0. The molecule has 6 N–H and O–H groups in total. The topological polar surface area (TPSA) is 223 Å². The monoisotopic (exact) mass is 810 g/mol. The number of ketones is 1. The molecule has 0 aliphatic carbocycles. The lowest BCUT2D eigenvalue weighted by molar-refractivity contribution is -0.160. The lowest BCUT2D eigenvalue weighted by Crippen LogP contribution is -2.46. The Morgan fingerprint density at radius 2 is 1.66 bits per heavy atom. The molecule has 2 aromatic rings. The van der Waals surface area contributed by atoms with Crippen LogP contribution in [-0.2, 0) is 28.6 Å². The van der Waals surface area contributed by atoms with Crippen LogP contribution in [0.5, 0.6) is 23.0 Å². The molecular formula is C43H58N2O13. The standard InChI is InChI=1S/C43H58N2O13/c1-11-12-13-18-56-44-20-28-33-38(51)31-30(37(28)50)32-40(26(7)36(31)49)58-43(9,41(32)52)55-19-17-29(54-10)23(4)39(57-27(8)46)25(6)35(48)24(5)34(47)21(2)15-14-16-22(3)42(53)45-33/h14-17,19-21,23-25,29,34-35,39,47-51H,11-13,18H2,1-10H3,(H,45,53)/b15-14-,19-17-,22-16-,44-20-. The van der Waals surface area contributed by atoms with E-state index in [9.17, 15) is 39.9 Å². The Balaban J connectivity index is 1.95. The maximum absolute atomic E-state index is 14.3. The number of ether oxygens (including phenoxy) is 4. The van der Waals surface area contributed by atoms with E-state index in [1.54, 1.807) is 39.8 Å². The molecule has 0 saturated heterocycles. The highest BCUT2D eigenvalue weighted by Gasteiger charge is 2.50. The third kappa shape index (κ3) is 9.27. The van der Waals surface area contributed by atoms with Gasteiger partial charge in [-0.1, -0.05) is 70.8 Å². The number of phenols is 3. The summed E-state index contributed by atoms with van der Waals surface area (Å²) in [4.78, 5) is 45.7. The van der Waals surface area contributed by atoms with E-state index in [0.29, 0.717) is 6.42 Å². The first-order valence-electron chi connectivity index (χ1n) is 19.6. The van der Waals surface area contributed by atoms with Crippen LogP contribution in [0.1, 0.15) is 96.1 Å². The van der Waals surface area contributed by atoms with Crippen LogP contribution < -0.4 is 10.1 Å². The van der Waals surface area contributed by atoms with Gasteiger partial charge in [0, 0.05) is 61.2 Å². The summed E-state index contributed by atoms with van der Waals surface area (Å²) in [6.45, 7) is 14.7. The van der Waals surface area contributed by atoms with Crippen molar-refractivity contribution in [1.82, 2.24) is 0 Å². The van der Waals surface area contributed by atoms with Crippen LogP contribution in [0, 0.1) is 30.6 Å². The Morgan fingerprint density at radius 1 is 0.966 bits per heavy atom. The minimum absolute atomic E-state index is 0.0391. The van der Waals surface area contributed by atoms with Crippen molar-refractivity contribution in [2.75, 3.05) is 19.0 Å². The molecule has 0 spiro atoms. The fourth-order valence-electron chi connectivity index (χ4n) is 7.43. The Labute approximate surface area is 338 Å². The number of anilines is 1. The van der Waals surface area contributed by atoms with Gasteiger partial charge in [0.2, 0.25) is 0 Å². The van der Waals surface area contributed by atoms with Gasteiger partial charge in [0.05, 0.1) is 53.0 Å². The molecule has 9 unspecified atom stereocenters. The van der Waals surface area contributed by atoms with Gasteiger partial charge in [0.1, 0.15) is 30.0 Å². The SMILES string of the molecule is CCCCCO/N=C\c1c2c(O)c3c(O)c(C)c4c(c3c1O)C(=O)C(C)(O/C=C\C(OC)C(C)C(OC(C)=O)C(C)C(O)C(C)C(O)C(C)/C=C\C=C(\C)C(=O)N2)O4. The molecule has 15 nitrogen and oxygen atoms in total. The van der Waals surface area contributed by atoms with Gasteiger partial charge in [-0.15, -0.1) is 0 Å². The second kappa shape index (κ2) is 19.1. The molecule has 2 aromatic carbocycles. The van der Waals surface area contributed by atoms with E-state index >= 15 is 0 Å². The highest BCUT2D eigenvalue weighted by atomic mass is 16.7. The van der Waals surface area contributed by atoms with Gasteiger partial charge in [-0.2, -0.15) is 0 Å². The highest BCUT2D eigenvalue weighted by molar-refractivity contribution is 6.23. The van der Waals surface area contributed by atoms with Crippen molar-refractivity contribution in [3.8, 4) is 23.0 Å². The number of amides is 1. The maximum atomic E-state index is 14.3. The van der Waals surface area contributed by atoms with Crippen LogP contribution in [0.15, 0.2) is 41.3 Å². The molecule has 3 heterocycles. The van der Waals surface area contributed by atoms with E-state index in [1.807, 2.05) is 6.92 Å². The van der Waals surface area contributed by atoms with Crippen LogP contribution in [-0.4, -0.2) is 93.3 Å². The number of aliphatic hydroxyl groups excluding tert-OH is 2. The number of rotatable bonds is 8. The number of aliphatic hydroxyl groups is 2. The number of Topliss-reactive ketones (excluding diaryl/α,β-unsaturated/α-hetero) is 1. The van der Waals surface area contributed by atoms with Crippen LogP contribution >= 0.6 is 0 Å². The molecule has 0 aromatic heterocycles. The van der Waals surface area contributed by atoms with Gasteiger partial charge in [0.25, 0.3) is 11.7 Å². The molecule has 318 valence electrons. The zero-order chi connectivity index (χ0) is 43.2. The smallest absolute Gasteiger partial charge is 0.312 e. The summed E-state index contributed by atoms with van der Waals surface area (Å²) < 4.78 is 23.5. The fraction of sp³-hybridized carbons (Fsp3) is 0.535. The maximum Gasteiger partial charge on any atom is 0.312 e. The molecule has 1 amide bonds. The number of hydrogen-bond acceptors (Lipinski definition) is 14. The number of nitrogens with one attached hydrogen (secondary N) is 1. The van der Waals surface area contributed by atoms with Crippen molar-refractivity contribution in [3.05, 3.63) is 52.8 Å². The van der Waals surface area contributed by atoms with E-state index < -0.39 is 88.8 Å². The average molecular weight is 811 g/mol. The van der Waals surface area contributed by atoms with E-state index in [0.717, 1.165) is 19.1 Å². The van der Waals surface area contributed by atoms with Crippen molar-refractivity contribution in [2.45, 2.75) is 112 Å². The van der Waals surface area contributed by atoms with Crippen LogP contribution in [0.4, 0.5) is 5.69 Å². The molecule has 0 radical (unpaired) electrons. The summed E-state index contributed by atoms with van der Waals surface area (Å²) in [5.74, 6) is -8.57. The Bertz CT molecular complexity index is 1990. The highest BCUT2D eigenvalue weighted by Crippen LogP contribution is 2.55. The number of benzene rings is 2. The first kappa shape index (κ1) is 45.6. The third-order valence-corrected chi connectivity index (χ3v) is 11.1. The van der Waals surface area contributed by atoms with Crippen molar-refractivity contribution in [1.29, 1.82) is 0 Å². The largest absolute Gasteiger partial charge is 0.507 e. The number of allylic oxidation sites excluding steroid dienone is 2. The lowest BCUT2D eigenvalue weighted by Gasteiger charge is -2.38. The quantitative estimate of drug-likeness (QED) is 0.0431. The fourth-order valence-corrected chi connectivity index (χ4v) is 7.43. The van der Waals surface area contributed by atoms with Crippen LogP contribution in [0.2, 0.25) is 0 Å². The van der Waals surface area contributed by atoms with Crippen LogP contribution in [0.25, 0.3) is 10.8 Å². The summed E-state index contributed by atoms with van der Waals surface area (Å²) in [5, 5.41) is 64.0. The first-order chi connectivity index (χ1) is 27.3. The van der Waals surface area contributed by atoms with E-state index in [2.05, 4.69) is 10.5 Å². The number of carbonyl (C=O) groups excluding carboxylic acids is 3. The van der Waals surface area contributed by atoms with E-state index in [4.69, 9.17) is 23.8 Å². The minimum Gasteiger partial charge on any atom is -0.507 e. The van der Waals surface area contributed by atoms with Crippen molar-refractivity contribution < 1.29 is 63.7 Å². The normalized spacial score (nSPS) is 30.4. The lowest BCUT2D eigenvalue weighted by atomic mass is 9.78. The number of esters is 1.